The molecule has 146 valence electrons. The van der Waals surface area contributed by atoms with Crippen LogP contribution < -0.4 is 10.3 Å². The molecule has 1 atom stereocenters. The molecule has 0 fully saturated rings. The van der Waals surface area contributed by atoms with Gasteiger partial charge in [0.2, 0.25) is 5.91 Å². The Labute approximate surface area is 165 Å². The molecule has 6 nitrogen and oxygen atoms in total. The highest BCUT2D eigenvalue weighted by molar-refractivity contribution is 5.81. The van der Waals surface area contributed by atoms with E-state index >= 15 is 0 Å². The summed E-state index contributed by atoms with van der Waals surface area (Å²) in [6.07, 6.45) is 2.52. The van der Waals surface area contributed by atoms with Gasteiger partial charge in [-0.15, -0.1) is 0 Å². The van der Waals surface area contributed by atoms with Crippen molar-refractivity contribution in [3.8, 4) is 0 Å². The normalized spacial score (nSPS) is 15.7. The Morgan fingerprint density at radius 1 is 1.04 bits per heavy atom. The molecule has 0 aliphatic carbocycles. The van der Waals surface area contributed by atoms with Gasteiger partial charge in [0.05, 0.1) is 11.7 Å². The van der Waals surface area contributed by atoms with E-state index in [1.165, 1.54) is 0 Å². The number of carboxylic acid groups (broad SMARTS) is 1. The number of amides is 1. The van der Waals surface area contributed by atoms with E-state index < -0.39 is 5.97 Å². The lowest BCUT2D eigenvalue weighted by Crippen LogP contribution is -2.39. The third-order valence-corrected chi connectivity index (χ3v) is 4.73. The molecule has 2 aromatic rings. The molecule has 0 unspecified atom stereocenters. The molecule has 3 rings (SSSR count). The molecule has 1 aliphatic heterocycles. The summed E-state index contributed by atoms with van der Waals surface area (Å²) in [5.74, 6) is -1.01. The second kappa shape index (κ2) is 8.61. The van der Waals surface area contributed by atoms with Crippen molar-refractivity contribution in [3.05, 3.63) is 71.8 Å². The average molecular weight is 379 g/mol. The van der Waals surface area contributed by atoms with Gasteiger partial charge in [-0.1, -0.05) is 42.5 Å². The minimum absolute atomic E-state index is 0.0131. The number of rotatable bonds is 7. The Balaban J connectivity index is 1.85. The van der Waals surface area contributed by atoms with E-state index in [0.29, 0.717) is 6.42 Å². The van der Waals surface area contributed by atoms with Gasteiger partial charge in [0.25, 0.3) is 0 Å². The van der Waals surface area contributed by atoms with Crippen LogP contribution in [0.4, 0.5) is 5.69 Å². The standard InChI is InChI=1S/C22H25N3O3/c1-24(2)18-13-11-17(12-14-18)20-15-19(16-7-4-3-5-8-16)23-25(20)21(26)9-6-10-22(27)28/h3-5,7-8,11-15,20,23H,6,9-10H2,1-2H3,(H,27,28)/t20-/m1/s1. The molecule has 0 aromatic heterocycles. The first kappa shape index (κ1) is 19.5. The van der Waals surface area contributed by atoms with Crippen LogP contribution in [0.1, 0.15) is 36.4 Å². The fourth-order valence-electron chi connectivity index (χ4n) is 3.19. The van der Waals surface area contributed by atoms with Crippen molar-refractivity contribution in [2.45, 2.75) is 25.3 Å². The van der Waals surface area contributed by atoms with Gasteiger partial charge in [-0.25, -0.2) is 5.01 Å². The maximum Gasteiger partial charge on any atom is 0.303 e. The predicted molar refractivity (Wildman–Crippen MR) is 109 cm³/mol. The second-order valence-corrected chi connectivity index (χ2v) is 7.00. The van der Waals surface area contributed by atoms with Gasteiger partial charge >= 0.3 is 5.97 Å². The summed E-state index contributed by atoms with van der Waals surface area (Å²) in [6.45, 7) is 0. The Hall–Kier alpha value is -3.28. The molecule has 1 amide bonds. The number of hydrazine groups is 1. The summed E-state index contributed by atoms with van der Waals surface area (Å²) in [5, 5.41) is 10.4. The lowest BCUT2D eigenvalue weighted by atomic mass is 10.0. The van der Waals surface area contributed by atoms with Crippen LogP contribution in [0.2, 0.25) is 0 Å². The van der Waals surface area contributed by atoms with Crippen LogP contribution in [0.15, 0.2) is 60.7 Å². The van der Waals surface area contributed by atoms with E-state index in [1.807, 2.05) is 79.7 Å². The van der Waals surface area contributed by atoms with Crippen LogP contribution in [-0.4, -0.2) is 36.1 Å². The lowest BCUT2D eigenvalue weighted by Gasteiger charge is -2.26. The fourth-order valence-corrected chi connectivity index (χ4v) is 3.19. The third kappa shape index (κ3) is 4.52. The first-order chi connectivity index (χ1) is 13.5. The summed E-state index contributed by atoms with van der Waals surface area (Å²) in [4.78, 5) is 25.6. The molecule has 0 bridgehead atoms. The number of nitrogens with zero attached hydrogens (tertiary/aromatic N) is 2. The highest BCUT2D eigenvalue weighted by atomic mass is 16.4. The third-order valence-electron chi connectivity index (χ3n) is 4.73. The molecule has 0 saturated carbocycles. The highest BCUT2D eigenvalue weighted by Gasteiger charge is 2.30. The minimum atomic E-state index is -0.888. The second-order valence-electron chi connectivity index (χ2n) is 7.00. The summed E-state index contributed by atoms with van der Waals surface area (Å²) < 4.78 is 0. The average Bonchev–Trinajstić information content (AvgIpc) is 3.14. The molecule has 1 heterocycles. The number of benzene rings is 2. The van der Waals surface area contributed by atoms with Crippen molar-refractivity contribution >= 4 is 23.3 Å². The van der Waals surface area contributed by atoms with Crippen LogP contribution in [0, 0.1) is 0 Å². The maximum atomic E-state index is 12.8. The Morgan fingerprint density at radius 2 is 1.71 bits per heavy atom. The monoisotopic (exact) mass is 379 g/mol. The summed E-state index contributed by atoms with van der Waals surface area (Å²) in [7, 11) is 3.97. The van der Waals surface area contributed by atoms with E-state index in [0.717, 1.165) is 22.5 Å². The Morgan fingerprint density at radius 3 is 2.32 bits per heavy atom. The molecule has 28 heavy (non-hydrogen) atoms. The van der Waals surface area contributed by atoms with Gasteiger partial charge < -0.3 is 10.0 Å². The fraction of sp³-hybridized carbons (Fsp3) is 0.273. The number of carboxylic acids is 1. The molecule has 0 spiro atoms. The molecule has 6 heteroatoms. The minimum Gasteiger partial charge on any atom is -0.481 e. The zero-order valence-corrected chi connectivity index (χ0v) is 16.1. The number of nitrogens with one attached hydrogen (secondary N) is 1. The number of carbonyl (C=O) groups is 2. The molecule has 1 aliphatic rings. The summed E-state index contributed by atoms with van der Waals surface area (Å²) in [5.41, 5.74) is 7.17. The summed E-state index contributed by atoms with van der Waals surface area (Å²) >= 11 is 0. The van der Waals surface area contributed by atoms with Crippen LogP contribution >= 0.6 is 0 Å². The topological polar surface area (TPSA) is 72.9 Å². The van der Waals surface area contributed by atoms with E-state index in [2.05, 4.69) is 5.43 Å². The Bertz CT molecular complexity index is 860. The van der Waals surface area contributed by atoms with Gasteiger partial charge in [0.15, 0.2) is 0 Å². The number of anilines is 1. The molecule has 0 saturated heterocycles. The summed E-state index contributed by atoms with van der Waals surface area (Å²) in [6, 6.07) is 17.7. The zero-order chi connectivity index (χ0) is 20.1. The van der Waals surface area contributed by atoms with E-state index in [9.17, 15) is 9.59 Å². The van der Waals surface area contributed by atoms with Crippen LogP contribution in [-0.2, 0) is 9.59 Å². The maximum absolute atomic E-state index is 12.8. The number of hydrogen-bond acceptors (Lipinski definition) is 4. The van der Waals surface area contributed by atoms with Crippen molar-refractivity contribution in [1.29, 1.82) is 0 Å². The van der Waals surface area contributed by atoms with Crippen molar-refractivity contribution in [2.75, 3.05) is 19.0 Å². The smallest absolute Gasteiger partial charge is 0.303 e. The first-order valence-corrected chi connectivity index (χ1v) is 9.31. The molecule has 0 radical (unpaired) electrons. The van der Waals surface area contributed by atoms with Crippen molar-refractivity contribution in [1.82, 2.24) is 10.4 Å². The number of aliphatic carboxylic acids is 1. The SMILES string of the molecule is CN(C)c1ccc([C@H]2C=C(c3ccccc3)NN2C(=O)CCCC(=O)O)cc1. The zero-order valence-electron chi connectivity index (χ0n) is 16.1. The number of hydrogen-bond donors (Lipinski definition) is 2. The van der Waals surface area contributed by atoms with Crippen LogP contribution in [0.25, 0.3) is 5.70 Å². The molecular weight excluding hydrogens is 354 g/mol. The van der Waals surface area contributed by atoms with E-state index in [1.54, 1.807) is 5.01 Å². The van der Waals surface area contributed by atoms with Crippen molar-refractivity contribution in [3.63, 3.8) is 0 Å². The van der Waals surface area contributed by atoms with E-state index in [4.69, 9.17) is 5.11 Å². The van der Waals surface area contributed by atoms with Gasteiger partial charge in [-0.2, -0.15) is 0 Å². The van der Waals surface area contributed by atoms with Gasteiger partial charge in [-0.3, -0.25) is 15.0 Å². The number of carbonyl (C=O) groups excluding carboxylic acids is 1. The molecule has 2 N–H and O–H groups in total. The van der Waals surface area contributed by atoms with Crippen molar-refractivity contribution in [2.24, 2.45) is 0 Å². The Kier molecular flexibility index (Phi) is 5.99. The molecule has 2 aromatic carbocycles. The predicted octanol–water partition coefficient (Wildman–Crippen LogP) is 3.44. The van der Waals surface area contributed by atoms with Gasteiger partial charge in [0.1, 0.15) is 0 Å². The molecular formula is C22H25N3O3. The van der Waals surface area contributed by atoms with Gasteiger partial charge in [0, 0.05) is 32.6 Å². The highest BCUT2D eigenvalue weighted by Crippen LogP contribution is 2.32. The largest absolute Gasteiger partial charge is 0.481 e. The van der Waals surface area contributed by atoms with Crippen LogP contribution in [0.5, 0.6) is 0 Å². The van der Waals surface area contributed by atoms with Crippen molar-refractivity contribution < 1.29 is 14.7 Å². The quantitative estimate of drug-likeness (QED) is 0.771. The van der Waals surface area contributed by atoms with E-state index in [-0.39, 0.29) is 24.8 Å². The lowest BCUT2D eigenvalue weighted by molar-refractivity contribution is -0.137. The van der Waals surface area contributed by atoms with Crippen LogP contribution in [0.3, 0.4) is 0 Å². The van der Waals surface area contributed by atoms with Gasteiger partial charge in [-0.05, 0) is 35.8 Å². The first-order valence-electron chi connectivity index (χ1n) is 9.31.